The van der Waals surface area contributed by atoms with Crippen LogP contribution in [0, 0.1) is 11.3 Å². The van der Waals surface area contributed by atoms with Gasteiger partial charge in [-0.2, -0.15) is 18.4 Å². The van der Waals surface area contributed by atoms with Crippen LogP contribution in [0.4, 0.5) is 23.7 Å². The lowest BCUT2D eigenvalue weighted by atomic mass is 10.1. The van der Waals surface area contributed by atoms with E-state index >= 15 is 0 Å². The molecule has 1 aliphatic carbocycles. The van der Waals surface area contributed by atoms with Gasteiger partial charge in [-0.15, -0.1) is 0 Å². The highest BCUT2D eigenvalue weighted by atomic mass is 19.4. The highest BCUT2D eigenvalue weighted by Gasteiger charge is 2.39. The highest BCUT2D eigenvalue weighted by molar-refractivity contribution is 5.95. The minimum absolute atomic E-state index is 0.0965. The Morgan fingerprint density at radius 2 is 1.94 bits per heavy atom. The van der Waals surface area contributed by atoms with Crippen LogP contribution in [0.2, 0.25) is 0 Å². The van der Waals surface area contributed by atoms with E-state index in [1.807, 2.05) is 29.2 Å². The predicted octanol–water partition coefficient (Wildman–Crippen LogP) is 5.36. The molecule has 2 amide bonds. The Kier molecular flexibility index (Phi) is 5.23. The smallest absolute Gasteiger partial charge is 0.326 e. The summed E-state index contributed by atoms with van der Waals surface area (Å²) in [5, 5.41) is 9.23. The van der Waals surface area contributed by atoms with Gasteiger partial charge < -0.3 is 9.47 Å². The van der Waals surface area contributed by atoms with Crippen molar-refractivity contribution in [3.8, 4) is 6.07 Å². The summed E-state index contributed by atoms with van der Waals surface area (Å²) < 4.78 is 40.1. The van der Waals surface area contributed by atoms with E-state index in [1.54, 1.807) is 27.7 Å². The summed E-state index contributed by atoms with van der Waals surface area (Å²) in [6, 6.07) is 14.9. The van der Waals surface area contributed by atoms with E-state index in [9.17, 15) is 23.2 Å². The number of fused-ring (bicyclic) bond motifs is 2. The van der Waals surface area contributed by atoms with Gasteiger partial charge in [0.1, 0.15) is 5.82 Å². The SMILES string of the molecule is N#Cc1ccc2c(c1)nc(CN1C(=O)N(C3CC3)Cc3ccccc31)n2CCCC(F)(F)F. The van der Waals surface area contributed by atoms with E-state index in [0.717, 1.165) is 24.1 Å². The number of aromatic nitrogens is 2. The van der Waals surface area contributed by atoms with Crippen LogP contribution in [0.15, 0.2) is 42.5 Å². The van der Waals surface area contributed by atoms with Gasteiger partial charge in [0, 0.05) is 25.6 Å². The van der Waals surface area contributed by atoms with Gasteiger partial charge in [0.05, 0.1) is 34.9 Å². The Morgan fingerprint density at radius 3 is 2.67 bits per heavy atom. The van der Waals surface area contributed by atoms with Crippen LogP contribution >= 0.6 is 0 Å². The standard InChI is InChI=1S/C24H22F3N5O/c25-24(26,27)10-3-11-30-21-9-6-16(13-28)12-19(21)29-22(30)15-32-20-5-2-1-4-17(20)14-31(23(32)33)18-7-8-18/h1-2,4-6,9,12,18H,3,7-8,10-11,14-15H2. The van der Waals surface area contributed by atoms with Crippen LogP contribution in [0.1, 0.15) is 42.6 Å². The second-order valence-corrected chi connectivity index (χ2v) is 8.57. The van der Waals surface area contributed by atoms with Crippen LogP contribution < -0.4 is 4.90 Å². The van der Waals surface area contributed by atoms with Gasteiger partial charge in [-0.1, -0.05) is 18.2 Å². The van der Waals surface area contributed by atoms with E-state index < -0.39 is 12.6 Å². The number of anilines is 1. The first-order chi connectivity index (χ1) is 15.8. The maximum absolute atomic E-state index is 13.4. The van der Waals surface area contributed by atoms with Gasteiger partial charge in [0.2, 0.25) is 0 Å². The van der Waals surface area contributed by atoms with Gasteiger partial charge in [-0.3, -0.25) is 4.90 Å². The van der Waals surface area contributed by atoms with Crippen molar-refractivity contribution in [2.75, 3.05) is 4.90 Å². The third-order valence-electron chi connectivity index (χ3n) is 6.19. The molecule has 1 aromatic heterocycles. The van der Waals surface area contributed by atoms with E-state index in [-0.39, 0.29) is 31.6 Å². The molecule has 0 unspecified atom stereocenters. The molecule has 0 radical (unpaired) electrons. The van der Waals surface area contributed by atoms with Crippen molar-refractivity contribution in [3.63, 3.8) is 0 Å². The zero-order chi connectivity index (χ0) is 23.2. The molecule has 6 nitrogen and oxygen atoms in total. The number of hydrogen-bond acceptors (Lipinski definition) is 3. The van der Waals surface area contributed by atoms with Gasteiger partial charge in [-0.05, 0) is 49.1 Å². The average molecular weight is 453 g/mol. The third-order valence-corrected chi connectivity index (χ3v) is 6.19. The van der Waals surface area contributed by atoms with Crippen molar-refractivity contribution in [2.45, 2.75) is 57.5 Å². The number of aryl methyl sites for hydroxylation is 1. The number of alkyl halides is 3. The molecule has 0 spiro atoms. The fourth-order valence-electron chi connectivity index (χ4n) is 4.44. The number of halogens is 3. The molecule has 5 rings (SSSR count). The first-order valence-corrected chi connectivity index (χ1v) is 11.0. The molecular formula is C24H22F3N5O. The first-order valence-electron chi connectivity index (χ1n) is 11.0. The Balaban J connectivity index is 1.52. The van der Waals surface area contributed by atoms with Crippen LogP contribution in [0.25, 0.3) is 11.0 Å². The van der Waals surface area contributed by atoms with Crippen LogP contribution in [-0.2, 0) is 19.6 Å². The van der Waals surface area contributed by atoms with Gasteiger partial charge in [-0.25, -0.2) is 9.78 Å². The summed E-state index contributed by atoms with van der Waals surface area (Å²) in [4.78, 5) is 21.5. The molecule has 0 atom stereocenters. The summed E-state index contributed by atoms with van der Waals surface area (Å²) in [5.41, 5.74) is 3.45. The van der Waals surface area contributed by atoms with Crippen molar-refractivity contribution in [3.05, 3.63) is 59.4 Å². The number of carbonyl (C=O) groups excluding carboxylic acids is 1. The number of nitrogens with zero attached hydrogens (tertiary/aromatic N) is 5. The number of benzene rings is 2. The summed E-state index contributed by atoms with van der Waals surface area (Å²) in [6.45, 7) is 0.818. The minimum Gasteiger partial charge on any atom is -0.326 e. The molecule has 1 fully saturated rings. The number of imidazole rings is 1. The molecule has 9 heteroatoms. The molecule has 0 bridgehead atoms. The van der Waals surface area contributed by atoms with E-state index in [4.69, 9.17) is 0 Å². The summed E-state index contributed by atoms with van der Waals surface area (Å²) >= 11 is 0. The Bertz CT molecular complexity index is 1260. The zero-order valence-electron chi connectivity index (χ0n) is 17.8. The summed E-state index contributed by atoms with van der Waals surface area (Å²) in [7, 11) is 0. The van der Waals surface area contributed by atoms with Crippen molar-refractivity contribution in [2.24, 2.45) is 0 Å². The van der Waals surface area contributed by atoms with Crippen molar-refractivity contribution in [1.82, 2.24) is 14.5 Å². The molecule has 170 valence electrons. The van der Waals surface area contributed by atoms with E-state index in [2.05, 4.69) is 11.1 Å². The first kappa shape index (κ1) is 21.3. The number of amides is 2. The zero-order valence-corrected chi connectivity index (χ0v) is 17.8. The van der Waals surface area contributed by atoms with Crippen LogP contribution in [0.5, 0.6) is 0 Å². The lowest BCUT2D eigenvalue weighted by molar-refractivity contribution is -0.135. The third kappa shape index (κ3) is 4.25. The number of para-hydroxylation sites is 1. The quantitative estimate of drug-likeness (QED) is 0.505. The number of hydrogen-bond donors (Lipinski definition) is 0. The molecule has 3 aromatic rings. The Labute approximate surface area is 188 Å². The number of nitriles is 1. The molecule has 2 heterocycles. The fraction of sp³-hybridized carbons (Fsp3) is 0.375. The van der Waals surface area contributed by atoms with Gasteiger partial charge in [0.15, 0.2) is 0 Å². The van der Waals surface area contributed by atoms with E-state index in [0.29, 0.717) is 29.0 Å². The normalized spacial score (nSPS) is 16.2. The molecular weight excluding hydrogens is 431 g/mol. The summed E-state index contributed by atoms with van der Waals surface area (Å²) in [6.07, 6.45) is -3.27. The molecule has 2 aromatic carbocycles. The Morgan fingerprint density at radius 1 is 1.15 bits per heavy atom. The van der Waals surface area contributed by atoms with Crippen molar-refractivity contribution in [1.29, 1.82) is 5.26 Å². The maximum atomic E-state index is 13.4. The lowest BCUT2D eigenvalue weighted by Gasteiger charge is -2.37. The topological polar surface area (TPSA) is 65.2 Å². The molecule has 33 heavy (non-hydrogen) atoms. The van der Waals surface area contributed by atoms with Crippen molar-refractivity contribution >= 4 is 22.8 Å². The second-order valence-electron chi connectivity index (χ2n) is 8.57. The van der Waals surface area contributed by atoms with Crippen LogP contribution in [0.3, 0.4) is 0 Å². The lowest BCUT2D eigenvalue weighted by Crippen LogP contribution is -2.48. The molecule has 1 saturated carbocycles. The molecule has 0 saturated heterocycles. The predicted molar refractivity (Wildman–Crippen MR) is 116 cm³/mol. The highest BCUT2D eigenvalue weighted by Crippen LogP contribution is 2.37. The monoisotopic (exact) mass is 453 g/mol. The minimum atomic E-state index is -4.24. The number of rotatable bonds is 6. The maximum Gasteiger partial charge on any atom is 0.389 e. The largest absolute Gasteiger partial charge is 0.389 e. The fourth-order valence-corrected chi connectivity index (χ4v) is 4.44. The van der Waals surface area contributed by atoms with Crippen LogP contribution in [-0.4, -0.2) is 32.7 Å². The van der Waals surface area contributed by atoms with E-state index in [1.165, 1.54) is 0 Å². The van der Waals surface area contributed by atoms with Gasteiger partial charge >= 0.3 is 12.2 Å². The molecule has 0 N–H and O–H groups in total. The number of urea groups is 1. The van der Waals surface area contributed by atoms with Gasteiger partial charge in [0.25, 0.3) is 0 Å². The Hall–Kier alpha value is -3.54. The number of carbonyl (C=O) groups is 1. The second kappa shape index (κ2) is 8.10. The summed E-state index contributed by atoms with van der Waals surface area (Å²) in [5.74, 6) is 0.503. The van der Waals surface area contributed by atoms with Crippen molar-refractivity contribution < 1.29 is 18.0 Å². The molecule has 1 aliphatic heterocycles. The molecule has 2 aliphatic rings. The average Bonchev–Trinajstić information content (AvgIpc) is 3.57.